The zero-order chi connectivity index (χ0) is 16.2. The number of methoxy groups -OCH3 is 1. The number of carbonyl (C=O) groups excluding carboxylic acids is 1. The van der Waals surface area contributed by atoms with Gasteiger partial charge in [0.15, 0.2) is 5.82 Å². The number of benzene rings is 2. The number of nitrogens with one attached hydrogen (secondary N) is 1. The maximum absolute atomic E-state index is 13.7. The number of rotatable bonds is 4. The fourth-order valence-electron chi connectivity index (χ4n) is 2.27. The van der Waals surface area contributed by atoms with Crippen molar-refractivity contribution in [1.29, 1.82) is 0 Å². The van der Waals surface area contributed by atoms with Gasteiger partial charge in [0.05, 0.1) is 19.7 Å². The second-order valence-electron chi connectivity index (χ2n) is 4.97. The van der Waals surface area contributed by atoms with Gasteiger partial charge in [-0.05, 0) is 23.8 Å². The van der Waals surface area contributed by atoms with Gasteiger partial charge in [0.2, 0.25) is 5.91 Å². The lowest BCUT2D eigenvalue weighted by atomic mass is 10.1. The largest absolute Gasteiger partial charge is 0.497 e. The van der Waals surface area contributed by atoms with Crippen LogP contribution >= 0.6 is 0 Å². The quantitative estimate of drug-likeness (QED) is 0.804. The molecule has 0 saturated carbocycles. The van der Waals surface area contributed by atoms with Crippen molar-refractivity contribution in [2.45, 2.75) is 6.42 Å². The molecular weight excluding hydrogens is 297 g/mol. The minimum Gasteiger partial charge on any atom is -0.497 e. The van der Waals surface area contributed by atoms with E-state index in [0.29, 0.717) is 10.8 Å². The maximum Gasteiger partial charge on any atom is 0.230 e. The average Bonchev–Trinajstić information content (AvgIpc) is 2.56. The monoisotopic (exact) mass is 311 g/mol. The van der Waals surface area contributed by atoms with Crippen LogP contribution in [0.1, 0.15) is 5.56 Å². The Bertz CT molecular complexity index is 850. The van der Waals surface area contributed by atoms with Gasteiger partial charge in [0.1, 0.15) is 11.6 Å². The number of halogens is 1. The summed E-state index contributed by atoms with van der Waals surface area (Å²) in [6.07, 6.45) is 1.52. The topological polar surface area (TPSA) is 64.1 Å². The molecule has 3 aromatic rings. The molecule has 0 aliphatic carbocycles. The summed E-state index contributed by atoms with van der Waals surface area (Å²) in [5.74, 6) is 0.328. The van der Waals surface area contributed by atoms with Gasteiger partial charge in [0, 0.05) is 10.8 Å². The minimum absolute atomic E-state index is 0.178. The maximum atomic E-state index is 13.7. The Morgan fingerprint density at radius 3 is 2.70 bits per heavy atom. The third kappa shape index (κ3) is 3.26. The lowest BCUT2D eigenvalue weighted by molar-refractivity contribution is -0.115. The number of carbonyl (C=O) groups is 1. The molecule has 0 aliphatic rings. The molecule has 0 fully saturated rings. The normalized spacial score (nSPS) is 10.5. The van der Waals surface area contributed by atoms with Crippen LogP contribution in [0.3, 0.4) is 0 Å². The SMILES string of the molecule is COc1ccc(CC(=O)Nc2nncc3c(F)cccc23)cc1. The first-order valence-electron chi connectivity index (χ1n) is 7.00. The molecule has 0 saturated heterocycles. The molecule has 116 valence electrons. The molecule has 0 radical (unpaired) electrons. The van der Waals surface area contributed by atoms with E-state index in [1.807, 2.05) is 12.1 Å². The van der Waals surface area contributed by atoms with Gasteiger partial charge >= 0.3 is 0 Å². The molecule has 0 atom stereocenters. The summed E-state index contributed by atoms with van der Waals surface area (Å²) >= 11 is 0. The molecule has 0 aliphatic heterocycles. The number of aromatic nitrogens is 2. The molecule has 1 heterocycles. The first-order valence-corrected chi connectivity index (χ1v) is 7.00. The molecular formula is C17H14FN3O2. The summed E-state index contributed by atoms with van der Waals surface area (Å²) in [4.78, 5) is 12.2. The van der Waals surface area contributed by atoms with Crippen LogP contribution in [0.25, 0.3) is 10.8 Å². The Balaban J connectivity index is 1.78. The van der Waals surface area contributed by atoms with Crippen molar-refractivity contribution < 1.29 is 13.9 Å². The number of anilines is 1. The Kier molecular flexibility index (Phi) is 4.14. The van der Waals surface area contributed by atoms with Crippen LogP contribution in [-0.2, 0) is 11.2 Å². The van der Waals surface area contributed by atoms with Gasteiger partial charge in [0.25, 0.3) is 0 Å². The highest BCUT2D eigenvalue weighted by Crippen LogP contribution is 2.22. The van der Waals surface area contributed by atoms with Gasteiger partial charge in [-0.1, -0.05) is 24.3 Å². The van der Waals surface area contributed by atoms with Crippen LogP contribution in [0.15, 0.2) is 48.7 Å². The van der Waals surface area contributed by atoms with Crippen LogP contribution in [-0.4, -0.2) is 23.2 Å². The van der Waals surface area contributed by atoms with Gasteiger partial charge in [-0.2, -0.15) is 5.10 Å². The highest BCUT2D eigenvalue weighted by Gasteiger charge is 2.10. The highest BCUT2D eigenvalue weighted by atomic mass is 19.1. The summed E-state index contributed by atoms with van der Waals surface area (Å²) in [6.45, 7) is 0. The molecule has 0 spiro atoms. The summed E-state index contributed by atoms with van der Waals surface area (Å²) in [5.41, 5.74) is 0.836. The van der Waals surface area contributed by atoms with Gasteiger partial charge in [-0.3, -0.25) is 4.79 Å². The van der Waals surface area contributed by atoms with Crippen molar-refractivity contribution in [3.63, 3.8) is 0 Å². The van der Waals surface area contributed by atoms with Crippen LogP contribution in [0.4, 0.5) is 10.2 Å². The second-order valence-corrected chi connectivity index (χ2v) is 4.97. The van der Waals surface area contributed by atoms with Crippen molar-refractivity contribution >= 4 is 22.5 Å². The van der Waals surface area contributed by atoms with Crippen molar-refractivity contribution in [2.24, 2.45) is 0 Å². The van der Waals surface area contributed by atoms with Crippen molar-refractivity contribution in [1.82, 2.24) is 10.2 Å². The fraction of sp³-hybridized carbons (Fsp3) is 0.118. The summed E-state index contributed by atoms with van der Waals surface area (Å²) in [6, 6.07) is 11.8. The molecule has 1 amide bonds. The fourth-order valence-corrected chi connectivity index (χ4v) is 2.27. The van der Waals surface area contributed by atoms with Gasteiger partial charge in [-0.25, -0.2) is 4.39 Å². The number of fused-ring (bicyclic) bond motifs is 1. The van der Waals surface area contributed by atoms with Crippen LogP contribution in [0.5, 0.6) is 5.75 Å². The van der Waals surface area contributed by atoms with E-state index in [0.717, 1.165) is 11.3 Å². The van der Waals surface area contributed by atoms with E-state index in [1.165, 1.54) is 12.3 Å². The Morgan fingerprint density at radius 1 is 1.17 bits per heavy atom. The zero-order valence-electron chi connectivity index (χ0n) is 12.4. The van der Waals surface area contributed by atoms with E-state index in [-0.39, 0.29) is 18.1 Å². The standard InChI is InChI=1S/C17H14FN3O2/c1-23-12-7-5-11(6-8-12)9-16(22)20-17-13-3-2-4-15(18)14(13)10-19-21-17/h2-8,10H,9H2,1H3,(H,20,21,22). The molecule has 1 aromatic heterocycles. The van der Waals surface area contributed by atoms with Gasteiger partial charge < -0.3 is 10.1 Å². The first-order chi connectivity index (χ1) is 11.2. The van der Waals surface area contributed by atoms with Crippen LogP contribution < -0.4 is 10.1 Å². The number of amides is 1. The van der Waals surface area contributed by atoms with E-state index in [4.69, 9.17) is 4.74 Å². The average molecular weight is 311 g/mol. The third-order valence-corrected chi connectivity index (χ3v) is 3.43. The number of ether oxygens (including phenoxy) is 1. The zero-order valence-corrected chi connectivity index (χ0v) is 12.4. The number of hydrogen-bond acceptors (Lipinski definition) is 4. The highest BCUT2D eigenvalue weighted by molar-refractivity contribution is 6.00. The third-order valence-electron chi connectivity index (χ3n) is 3.43. The number of nitrogens with zero attached hydrogens (tertiary/aromatic N) is 2. The van der Waals surface area contributed by atoms with E-state index < -0.39 is 5.82 Å². The van der Waals surface area contributed by atoms with Crippen LogP contribution in [0, 0.1) is 5.82 Å². The van der Waals surface area contributed by atoms with Crippen molar-refractivity contribution in [2.75, 3.05) is 12.4 Å². The Labute approximate surface area is 132 Å². The van der Waals surface area contributed by atoms with Crippen LogP contribution in [0.2, 0.25) is 0 Å². The summed E-state index contributed by atoms with van der Waals surface area (Å²) in [5, 5.41) is 11.1. The molecule has 2 aromatic carbocycles. The predicted molar refractivity (Wildman–Crippen MR) is 84.8 cm³/mol. The lowest BCUT2D eigenvalue weighted by Crippen LogP contribution is -2.16. The molecule has 3 rings (SSSR count). The van der Waals surface area contributed by atoms with E-state index in [2.05, 4.69) is 15.5 Å². The molecule has 6 heteroatoms. The number of hydrogen-bond donors (Lipinski definition) is 1. The molecule has 0 unspecified atom stereocenters. The Morgan fingerprint density at radius 2 is 1.96 bits per heavy atom. The van der Waals surface area contributed by atoms with E-state index >= 15 is 0 Å². The molecule has 23 heavy (non-hydrogen) atoms. The smallest absolute Gasteiger partial charge is 0.230 e. The van der Waals surface area contributed by atoms with Gasteiger partial charge in [-0.15, -0.1) is 5.10 Å². The predicted octanol–water partition coefficient (Wildman–Crippen LogP) is 2.96. The summed E-state index contributed by atoms with van der Waals surface area (Å²) < 4.78 is 18.8. The first kappa shape index (κ1) is 14.9. The molecule has 0 bridgehead atoms. The lowest BCUT2D eigenvalue weighted by Gasteiger charge is -2.08. The van der Waals surface area contributed by atoms with Crippen molar-refractivity contribution in [3.05, 3.63) is 60.0 Å². The van der Waals surface area contributed by atoms with Crippen molar-refractivity contribution in [3.8, 4) is 5.75 Å². The minimum atomic E-state index is -0.400. The van der Waals surface area contributed by atoms with E-state index in [1.54, 1.807) is 31.4 Å². The second kappa shape index (κ2) is 6.39. The molecule has 5 nitrogen and oxygen atoms in total. The van der Waals surface area contributed by atoms with E-state index in [9.17, 15) is 9.18 Å². The molecule has 1 N–H and O–H groups in total. The Hall–Kier alpha value is -3.02. The summed E-state index contributed by atoms with van der Waals surface area (Å²) in [7, 11) is 1.58.